The first-order valence-corrected chi connectivity index (χ1v) is 1.84. The van der Waals surface area contributed by atoms with Crippen LogP contribution in [0.3, 0.4) is 0 Å². The maximum Gasteiger partial charge on any atom is 1.00 e. The second kappa shape index (κ2) is 9.60. The number of hydrogen-bond donors (Lipinski definition) is 0. The summed E-state index contributed by atoms with van der Waals surface area (Å²) in [6.45, 7) is 0. The van der Waals surface area contributed by atoms with Crippen molar-refractivity contribution in [2.24, 2.45) is 0 Å². The molecule has 0 saturated carbocycles. The Balaban J connectivity index is -0.0000000450. The molecule has 0 fully saturated rings. The summed E-state index contributed by atoms with van der Waals surface area (Å²) in [6, 6.07) is 0. The molecule has 0 spiro atoms. The molecular formula is HLi2O3P. The van der Waals surface area contributed by atoms with Gasteiger partial charge in [-0.2, -0.15) is 0 Å². The molecule has 0 amide bonds. The van der Waals surface area contributed by atoms with E-state index >= 15 is 0 Å². The molecular weight excluding hydrogens is 92.9 g/mol. The molecule has 0 radical (unpaired) electrons. The predicted molar refractivity (Wildman–Crippen MR) is 9.00 cm³/mol. The van der Waals surface area contributed by atoms with Gasteiger partial charge < -0.3 is 14.4 Å². The van der Waals surface area contributed by atoms with Crippen LogP contribution >= 0.6 is 8.25 Å². The fourth-order valence-corrected chi connectivity index (χ4v) is 0. The van der Waals surface area contributed by atoms with Crippen molar-refractivity contribution in [3.05, 3.63) is 0 Å². The smallest absolute Gasteiger partial charge is 0.813 e. The quantitative estimate of drug-likeness (QED) is 0.221. The Kier molecular flexibility index (Phi) is 25.1. The molecule has 0 aliphatic carbocycles. The van der Waals surface area contributed by atoms with E-state index in [0.717, 1.165) is 0 Å². The topological polar surface area (TPSA) is 63.2 Å². The Hall–Kier alpha value is 1.34. The van der Waals surface area contributed by atoms with Crippen molar-refractivity contribution in [3.8, 4) is 0 Å². The van der Waals surface area contributed by atoms with Gasteiger partial charge >= 0.3 is 37.7 Å². The minimum Gasteiger partial charge on any atom is -0.813 e. The summed E-state index contributed by atoms with van der Waals surface area (Å²) >= 11 is 0. The molecule has 0 aliphatic heterocycles. The van der Waals surface area contributed by atoms with E-state index < -0.39 is 8.25 Å². The Morgan fingerprint density at radius 3 is 1.17 bits per heavy atom. The van der Waals surface area contributed by atoms with E-state index in [0.29, 0.717) is 0 Å². The van der Waals surface area contributed by atoms with Gasteiger partial charge in [-0.1, -0.05) is 8.25 Å². The van der Waals surface area contributed by atoms with Crippen molar-refractivity contribution in [1.29, 1.82) is 0 Å². The Labute approximate surface area is 60.4 Å². The van der Waals surface area contributed by atoms with E-state index in [1.54, 1.807) is 0 Å². The van der Waals surface area contributed by atoms with Crippen molar-refractivity contribution in [1.82, 2.24) is 0 Å². The van der Waals surface area contributed by atoms with Crippen LogP contribution in [0.4, 0.5) is 0 Å². The average molecular weight is 93.9 g/mol. The first kappa shape index (κ1) is 15.7. The van der Waals surface area contributed by atoms with Crippen LogP contribution < -0.4 is 47.5 Å². The molecule has 0 rings (SSSR count). The maximum atomic E-state index is 8.52. The van der Waals surface area contributed by atoms with Crippen LogP contribution in [0, 0.1) is 0 Å². The third kappa shape index (κ3) is 55.8. The molecule has 0 atom stereocenters. The van der Waals surface area contributed by atoms with E-state index in [1.165, 1.54) is 0 Å². The third-order valence-corrected chi connectivity index (χ3v) is 0. The second-order valence-corrected chi connectivity index (χ2v) is 0.750. The molecule has 0 aromatic carbocycles. The Bertz CT molecular complexity index is 31.8. The molecule has 0 saturated heterocycles. The summed E-state index contributed by atoms with van der Waals surface area (Å²) in [5, 5.41) is 0. The number of rotatable bonds is 0. The number of hydrogen-bond acceptors (Lipinski definition) is 3. The van der Waals surface area contributed by atoms with Crippen LogP contribution in [0.15, 0.2) is 0 Å². The van der Waals surface area contributed by atoms with E-state index in [2.05, 4.69) is 0 Å². The first-order chi connectivity index (χ1) is 1.73. The minimum absolute atomic E-state index is 0. The van der Waals surface area contributed by atoms with Crippen LogP contribution in [-0.4, -0.2) is 0 Å². The van der Waals surface area contributed by atoms with Gasteiger partial charge in [-0.25, -0.2) is 0 Å². The Morgan fingerprint density at radius 2 is 1.17 bits per heavy atom. The van der Waals surface area contributed by atoms with Crippen LogP contribution in [0.25, 0.3) is 0 Å². The summed E-state index contributed by atoms with van der Waals surface area (Å²) in [5.41, 5.74) is 0. The fraction of sp³-hybridized carbons (Fsp3) is 0. The van der Waals surface area contributed by atoms with Gasteiger partial charge in [-0.15, -0.1) is 0 Å². The van der Waals surface area contributed by atoms with Gasteiger partial charge in [0.25, 0.3) is 0 Å². The van der Waals surface area contributed by atoms with Crippen LogP contribution in [0.1, 0.15) is 0 Å². The second-order valence-electron chi connectivity index (χ2n) is 0.250. The van der Waals surface area contributed by atoms with Crippen molar-refractivity contribution < 1.29 is 52.1 Å². The van der Waals surface area contributed by atoms with Crippen LogP contribution in [-0.2, 0) is 4.57 Å². The molecule has 0 unspecified atom stereocenters. The molecule has 0 N–H and O–H groups in total. The van der Waals surface area contributed by atoms with Crippen molar-refractivity contribution in [2.45, 2.75) is 0 Å². The van der Waals surface area contributed by atoms with Gasteiger partial charge in [-0.05, 0) is 0 Å². The normalized spacial score (nSPS) is 5.83. The third-order valence-electron chi connectivity index (χ3n) is 0. The minimum atomic E-state index is -3.63. The van der Waals surface area contributed by atoms with Crippen LogP contribution in [0.5, 0.6) is 0 Å². The van der Waals surface area contributed by atoms with Crippen molar-refractivity contribution in [2.75, 3.05) is 0 Å². The zero-order chi connectivity index (χ0) is 3.58. The van der Waals surface area contributed by atoms with Gasteiger partial charge in [-0.3, -0.25) is 0 Å². The molecule has 6 heavy (non-hydrogen) atoms. The maximum absolute atomic E-state index is 8.52. The molecule has 3 nitrogen and oxygen atoms in total. The van der Waals surface area contributed by atoms with Gasteiger partial charge in [0.1, 0.15) is 0 Å². The standard InChI is InChI=1S/2Li.H3O3P/c;;1-4(2)3/h;;4H,(H2,1,2,3)/q2*+1;/p-2. The summed E-state index contributed by atoms with van der Waals surface area (Å²) in [4.78, 5) is 17.0. The largest absolute Gasteiger partial charge is 1.00 e. The summed E-state index contributed by atoms with van der Waals surface area (Å²) in [7, 11) is -3.63. The van der Waals surface area contributed by atoms with Crippen molar-refractivity contribution >= 4 is 8.25 Å². The van der Waals surface area contributed by atoms with Gasteiger partial charge in [0.2, 0.25) is 0 Å². The first-order valence-electron chi connectivity index (χ1n) is 0.612. The predicted octanol–water partition coefficient (Wildman–Crippen LogP) is -7.90. The molecule has 0 aromatic heterocycles. The summed E-state index contributed by atoms with van der Waals surface area (Å²) < 4.78 is 8.52. The zero-order valence-corrected chi connectivity index (χ0v) is 4.72. The van der Waals surface area contributed by atoms with E-state index in [4.69, 9.17) is 14.4 Å². The fourth-order valence-electron chi connectivity index (χ4n) is 0. The van der Waals surface area contributed by atoms with Gasteiger partial charge in [0, 0.05) is 0 Å². The molecule has 0 bridgehead atoms. The van der Waals surface area contributed by atoms with E-state index in [-0.39, 0.29) is 37.7 Å². The monoisotopic (exact) mass is 94.0 g/mol. The molecule has 26 valence electrons. The average Bonchev–Trinajstić information content (AvgIpc) is 0.811. The zero-order valence-electron chi connectivity index (χ0n) is 3.72. The molecule has 0 aromatic rings. The van der Waals surface area contributed by atoms with Gasteiger partial charge in [0.15, 0.2) is 0 Å². The summed E-state index contributed by atoms with van der Waals surface area (Å²) in [6.07, 6.45) is 0. The molecule has 6 heteroatoms. The Morgan fingerprint density at radius 1 is 1.17 bits per heavy atom. The van der Waals surface area contributed by atoms with Crippen molar-refractivity contribution in [3.63, 3.8) is 0 Å². The van der Waals surface area contributed by atoms with E-state index in [1.807, 2.05) is 0 Å². The van der Waals surface area contributed by atoms with Gasteiger partial charge in [0.05, 0.1) is 0 Å². The SMILES string of the molecule is O=[PH]([O-])[O-].[Li+].[Li+]. The van der Waals surface area contributed by atoms with E-state index in [9.17, 15) is 0 Å². The summed E-state index contributed by atoms with van der Waals surface area (Å²) in [5.74, 6) is 0. The molecule has 0 aliphatic rings. The van der Waals surface area contributed by atoms with Crippen LogP contribution in [0.2, 0.25) is 0 Å². The molecule has 0 heterocycles.